The summed E-state index contributed by atoms with van der Waals surface area (Å²) in [6, 6.07) is 20.5. The minimum absolute atomic E-state index is 0.501. The van der Waals surface area contributed by atoms with Crippen molar-refractivity contribution in [1.82, 2.24) is 0 Å². The Morgan fingerprint density at radius 1 is 0.824 bits per heavy atom. The fourth-order valence-electron chi connectivity index (χ4n) is 2.70. The molecule has 0 atom stereocenters. The standard InChI is InChI=1S/C16H16O/c17-16(15-9-5-2-6-10-15)11-14(12-16)13-7-3-1-4-8-13/h1-10,14,17H,11-12H2. The molecule has 0 heterocycles. The molecule has 0 unspecified atom stereocenters. The van der Waals surface area contributed by atoms with Gasteiger partial charge in [-0.2, -0.15) is 0 Å². The highest BCUT2D eigenvalue weighted by molar-refractivity contribution is 5.31. The van der Waals surface area contributed by atoms with E-state index in [-0.39, 0.29) is 0 Å². The van der Waals surface area contributed by atoms with Crippen LogP contribution in [0.2, 0.25) is 0 Å². The maximum absolute atomic E-state index is 10.5. The average molecular weight is 224 g/mol. The number of aliphatic hydroxyl groups is 1. The molecule has 2 aromatic carbocycles. The molecule has 17 heavy (non-hydrogen) atoms. The van der Waals surface area contributed by atoms with E-state index < -0.39 is 5.60 Å². The Morgan fingerprint density at radius 3 is 1.94 bits per heavy atom. The van der Waals surface area contributed by atoms with Crippen molar-refractivity contribution in [3.05, 3.63) is 71.8 Å². The predicted octanol–water partition coefficient (Wildman–Crippen LogP) is 3.45. The summed E-state index contributed by atoms with van der Waals surface area (Å²) in [5, 5.41) is 10.5. The van der Waals surface area contributed by atoms with Gasteiger partial charge in [-0.1, -0.05) is 60.7 Å². The van der Waals surface area contributed by atoms with Gasteiger partial charge in [0.05, 0.1) is 5.60 Å². The number of hydrogen-bond acceptors (Lipinski definition) is 1. The van der Waals surface area contributed by atoms with Crippen molar-refractivity contribution in [3.8, 4) is 0 Å². The van der Waals surface area contributed by atoms with E-state index in [0.29, 0.717) is 5.92 Å². The fourth-order valence-corrected chi connectivity index (χ4v) is 2.70. The summed E-state index contributed by atoms with van der Waals surface area (Å²) in [6.07, 6.45) is 1.67. The SMILES string of the molecule is OC1(c2ccccc2)CC(c2ccccc2)C1. The molecule has 0 bridgehead atoms. The zero-order valence-electron chi connectivity index (χ0n) is 9.71. The van der Waals surface area contributed by atoms with Gasteiger partial charge in [-0.15, -0.1) is 0 Å². The summed E-state index contributed by atoms with van der Waals surface area (Å²) >= 11 is 0. The maximum atomic E-state index is 10.5. The Bertz CT molecular complexity index is 483. The smallest absolute Gasteiger partial charge is 0.0908 e. The number of benzene rings is 2. The zero-order chi connectivity index (χ0) is 11.7. The lowest BCUT2D eigenvalue weighted by Crippen LogP contribution is -2.39. The third-order valence-corrected chi connectivity index (χ3v) is 3.75. The van der Waals surface area contributed by atoms with Gasteiger partial charge in [-0.05, 0) is 29.9 Å². The predicted molar refractivity (Wildman–Crippen MR) is 68.8 cm³/mol. The van der Waals surface area contributed by atoms with Gasteiger partial charge < -0.3 is 5.11 Å². The summed E-state index contributed by atoms with van der Waals surface area (Å²) in [4.78, 5) is 0. The number of hydrogen-bond donors (Lipinski definition) is 1. The Morgan fingerprint density at radius 2 is 1.35 bits per heavy atom. The van der Waals surface area contributed by atoms with Crippen LogP contribution >= 0.6 is 0 Å². The Balaban J connectivity index is 1.76. The molecule has 0 aromatic heterocycles. The van der Waals surface area contributed by atoms with Crippen molar-refractivity contribution in [3.63, 3.8) is 0 Å². The van der Waals surface area contributed by atoms with Gasteiger partial charge in [0.1, 0.15) is 0 Å². The van der Waals surface area contributed by atoms with Crippen LogP contribution in [0.1, 0.15) is 29.9 Å². The van der Waals surface area contributed by atoms with Crippen LogP contribution in [-0.2, 0) is 5.60 Å². The molecule has 3 rings (SSSR count). The third-order valence-electron chi connectivity index (χ3n) is 3.75. The lowest BCUT2D eigenvalue weighted by atomic mass is 9.65. The van der Waals surface area contributed by atoms with Crippen molar-refractivity contribution in [2.24, 2.45) is 0 Å². The molecule has 0 saturated heterocycles. The van der Waals surface area contributed by atoms with E-state index in [4.69, 9.17) is 0 Å². The van der Waals surface area contributed by atoms with E-state index in [1.54, 1.807) is 0 Å². The molecule has 1 fully saturated rings. The minimum atomic E-state index is -0.609. The Kier molecular flexibility index (Phi) is 2.49. The highest BCUT2D eigenvalue weighted by atomic mass is 16.3. The van der Waals surface area contributed by atoms with Crippen molar-refractivity contribution >= 4 is 0 Å². The minimum Gasteiger partial charge on any atom is -0.385 e. The molecule has 0 amide bonds. The highest BCUT2D eigenvalue weighted by Crippen LogP contribution is 2.50. The monoisotopic (exact) mass is 224 g/mol. The van der Waals surface area contributed by atoms with E-state index in [9.17, 15) is 5.11 Å². The molecule has 0 aliphatic heterocycles. The van der Waals surface area contributed by atoms with E-state index in [0.717, 1.165) is 18.4 Å². The van der Waals surface area contributed by atoms with Crippen LogP contribution in [0.4, 0.5) is 0 Å². The molecule has 0 radical (unpaired) electrons. The van der Waals surface area contributed by atoms with E-state index in [1.807, 2.05) is 36.4 Å². The lowest BCUT2D eigenvalue weighted by Gasteiger charge is -2.44. The third kappa shape index (κ3) is 1.87. The van der Waals surface area contributed by atoms with Crippen LogP contribution in [0.15, 0.2) is 60.7 Å². The summed E-state index contributed by atoms with van der Waals surface area (Å²) < 4.78 is 0. The van der Waals surface area contributed by atoms with Gasteiger partial charge in [0.15, 0.2) is 0 Å². The van der Waals surface area contributed by atoms with E-state index >= 15 is 0 Å². The molecule has 1 aliphatic rings. The molecular formula is C16H16O. The van der Waals surface area contributed by atoms with Gasteiger partial charge in [0, 0.05) is 0 Å². The van der Waals surface area contributed by atoms with Gasteiger partial charge in [0.2, 0.25) is 0 Å². The fraction of sp³-hybridized carbons (Fsp3) is 0.250. The Hall–Kier alpha value is -1.60. The first-order chi connectivity index (χ1) is 8.28. The number of rotatable bonds is 2. The maximum Gasteiger partial charge on any atom is 0.0908 e. The molecule has 1 aliphatic carbocycles. The topological polar surface area (TPSA) is 20.2 Å². The molecule has 1 nitrogen and oxygen atoms in total. The average Bonchev–Trinajstić information content (AvgIpc) is 2.37. The molecule has 2 aromatic rings. The van der Waals surface area contributed by atoms with Crippen molar-refractivity contribution < 1.29 is 5.11 Å². The van der Waals surface area contributed by atoms with Crippen LogP contribution in [0.3, 0.4) is 0 Å². The van der Waals surface area contributed by atoms with Crippen LogP contribution in [0.5, 0.6) is 0 Å². The first-order valence-corrected chi connectivity index (χ1v) is 6.11. The molecule has 86 valence electrons. The van der Waals surface area contributed by atoms with E-state index in [2.05, 4.69) is 24.3 Å². The second-order valence-corrected chi connectivity index (χ2v) is 4.91. The van der Waals surface area contributed by atoms with Gasteiger partial charge in [0.25, 0.3) is 0 Å². The van der Waals surface area contributed by atoms with Crippen LogP contribution in [0.25, 0.3) is 0 Å². The molecular weight excluding hydrogens is 208 g/mol. The van der Waals surface area contributed by atoms with Crippen molar-refractivity contribution in [1.29, 1.82) is 0 Å². The summed E-state index contributed by atoms with van der Waals surface area (Å²) in [5.41, 5.74) is 1.78. The first-order valence-electron chi connectivity index (χ1n) is 6.11. The van der Waals surface area contributed by atoms with Crippen molar-refractivity contribution in [2.45, 2.75) is 24.4 Å². The molecule has 1 heteroatoms. The second-order valence-electron chi connectivity index (χ2n) is 4.91. The van der Waals surface area contributed by atoms with E-state index in [1.165, 1.54) is 5.56 Å². The van der Waals surface area contributed by atoms with Crippen molar-refractivity contribution in [2.75, 3.05) is 0 Å². The van der Waals surface area contributed by atoms with Crippen LogP contribution < -0.4 is 0 Å². The molecule has 0 spiro atoms. The van der Waals surface area contributed by atoms with Gasteiger partial charge in [-0.25, -0.2) is 0 Å². The largest absolute Gasteiger partial charge is 0.385 e. The van der Waals surface area contributed by atoms with Gasteiger partial charge >= 0.3 is 0 Å². The van der Waals surface area contributed by atoms with Crippen LogP contribution in [-0.4, -0.2) is 5.11 Å². The second kappa shape index (κ2) is 4.01. The molecule has 1 saturated carbocycles. The summed E-state index contributed by atoms with van der Waals surface area (Å²) in [5.74, 6) is 0.501. The quantitative estimate of drug-likeness (QED) is 0.828. The molecule has 1 N–H and O–H groups in total. The zero-order valence-corrected chi connectivity index (χ0v) is 9.71. The Labute approximate surface area is 102 Å². The van der Waals surface area contributed by atoms with Crippen LogP contribution in [0, 0.1) is 0 Å². The summed E-state index contributed by atoms with van der Waals surface area (Å²) in [7, 11) is 0. The normalized spacial score (nSPS) is 27.5. The summed E-state index contributed by atoms with van der Waals surface area (Å²) in [6.45, 7) is 0. The first kappa shape index (κ1) is 10.5. The lowest BCUT2D eigenvalue weighted by molar-refractivity contribution is -0.0549. The highest BCUT2D eigenvalue weighted by Gasteiger charge is 2.44. The van der Waals surface area contributed by atoms with Gasteiger partial charge in [-0.3, -0.25) is 0 Å².